The largest absolute Gasteiger partial charge is 0.416 e. The lowest BCUT2D eigenvalue weighted by molar-refractivity contribution is -0.137. The smallest absolute Gasteiger partial charge is 0.357 e. The molecule has 0 unspecified atom stereocenters. The number of nitrogens with zero attached hydrogens (tertiary/aromatic N) is 1. The van der Waals surface area contributed by atoms with Gasteiger partial charge in [0.2, 0.25) is 5.91 Å². The Balaban J connectivity index is 2.27. The molecule has 0 radical (unpaired) electrons. The molecule has 28 heavy (non-hydrogen) atoms. The molecule has 8 heteroatoms. The number of benzene rings is 1. The highest BCUT2D eigenvalue weighted by atomic mass is 19.4. The summed E-state index contributed by atoms with van der Waals surface area (Å²) in [5.74, 6) is -0.717. The van der Waals surface area contributed by atoms with Gasteiger partial charge >= 0.3 is 6.18 Å². The summed E-state index contributed by atoms with van der Waals surface area (Å²) < 4.78 is 38.8. The van der Waals surface area contributed by atoms with E-state index >= 15 is 0 Å². The zero-order valence-corrected chi connectivity index (χ0v) is 15.8. The first-order chi connectivity index (χ1) is 13.1. The summed E-state index contributed by atoms with van der Waals surface area (Å²) in [6.07, 6.45) is -4.03. The van der Waals surface area contributed by atoms with Gasteiger partial charge in [-0.3, -0.25) is 9.59 Å². The quantitative estimate of drug-likeness (QED) is 0.787. The average molecular weight is 393 g/mol. The molecule has 0 aliphatic heterocycles. The van der Waals surface area contributed by atoms with Crippen LogP contribution in [0.4, 0.5) is 13.2 Å². The molecular weight excluding hydrogens is 371 g/mol. The highest BCUT2D eigenvalue weighted by Gasteiger charge is 2.30. The molecule has 2 rings (SSSR count). The Morgan fingerprint density at radius 2 is 1.79 bits per heavy atom. The van der Waals surface area contributed by atoms with Crippen LogP contribution in [0.2, 0.25) is 0 Å². The first kappa shape index (κ1) is 21.4. The number of rotatable bonds is 6. The van der Waals surface area contributed by atoms with Crippen molar-refractivity contribution in [2.75, 3.05) is 7.05 Å². The molecule has 150 valence electrons. The standard InChI is InChI=1S/C20H22F3N3O2/c1-12(2)10-17(18(27)24-3)26-19(28)16-9-5-8-15(25-16)13-6-4-7-14(11-13)20(21,22)23/h4-9,11-12,17H,10H2,1-3H3,(H,24,27)(H,26,28)/t17-/m0/s1. The highest BCUT2D eigenvalue weighted by Crippen LogP contribution is 2.31. The fourth-order valence-corrected chi connectivity index (χ4v) is 2.69. The first-order valence-electron chi connectivity index (χ1n) is 8.79. The minimum Gasteiger partial charge on any atom is -0.357 e. The van der Waals surface area contributed by atoms with Gasteiger partial charge in [-0.1, -0.05) is 32.0 Å². The molecule has 0 aliphatic rings. The summed E-state index contributed by atoms with van der Waals surface area (Å²) in [5.41, 5.74) is -0.292. The van der Waals surface area contributed by atoms with E-state index in [0.29, 0.717) is 6.42 Å². The molecule has 2 aromatic rings. The number of hydrogen-bond donors (Lipinski definition) is 2. The second-order valence-corrected chi connectivity index (χ2v) is 6.76. The van der Waals surface area contributed by atoms with Gasteiger partial charge in [0.15, 0.2) is 0 Å². The number of carbonyl (C=O) groups excluding carboxylic acids is 2. The number of nitrogens with one attached hydrogen (secondary N) is 2. The van der Waals surface area contributed by atoms with Gasteiger partial charge < -0.3 is 10.6 Å². The van der Waals surface area contributed by atoms with Crippen molar-refractivity contribution in [2.24, 2.45) is 5.92 Å². The maximum atomic E-state index is 12.9. The maximum Gasteiger partial charge on any atom is 0.416 e. The molecule has 0 saturated heterocycles. The Kier molecular flexibility index (Phi) is 6.77. The lowest BCUT2D eigenvalue weighted by atomic mass is 10.0. The monoisotopic (exact) mass is 393 g/mol. The Hall–Kier alpha value is -2.90. The lowest BCUT2D eigenvalue weighted by Gasteiger charge is -2.19. The highest BCUT2D eigenvalue weighted by molar-refractivity contribution is 5.96. The molecule has 5 nitrogen and oxygen atoms in total. The molecule has 1 atom stereocenters. The summed E-state index contributed by atoms with van der Waals surface area (Å²) in [5, 5.41) is 5.14. The van der Waals surface area contributed by atoms with Crippen LogP contribution in [0.5, 0.6) is 0 Å². The zero-order chi connectivity index (χ0) is 20.9. The maximum absolute atomic E-state index is 12.9. The van der Waals surface area contributed by atoms with Crippen LogP contribution >= 0.6 is 0 Å². The number of hydrogen-bond acceptors (Lipinski definition) is 3. The van der Waals surface area contributed by atoms with E-state index in [-0.39, 0.29) is 28.8 Å². The van der Waals surface area contributed by atoms with E-state index in [4.69, 9.17) is 0 Å². The summed E-state index contributed by atoms with van der Waals surface area (Å²) in [6, 6.07) is 8.52. The van der Waals surface area contributed by atoms with E-state index in [0.717, 1.165) is 12.1 Å². The lowest BCUT2D eigenvalue weighted by Crippen LogP contribution is -2.46. The van der Waals surface area contributed by atoms with Crippen LogP contribution in [-0.2, 0) is 11.0 Å². The Morgan fingerprint density at radius 1 is 1.11 bits per heavy atom. The van der Waals surface area contributed by atoms with Crippen molar-refractivity contribution in [3.8, 4) is 11.3 Å². The summed E-state index contributed by atoms with van der Waals surface area (Å²) in [6.45, 7) is 3.85. The molecule has 0 saturated carbocycles. The summed E-state index contributed by atoms with van der Waals surface area (Å²) in [7, 11) is 1.48. The van der Waals surface area contributed by atoms with Crippen LogP contribution in [0.3, 0.4) is 0 Å². The molecule has 2 N–H and O–H groups in total. The van der Waals surface area contributed by atoms with E-state index in [1.807, 2.05) is 13.8 Å². The number of halogens is 3. The van der Waals surface area contributed by atoms with Crippen LogP contribution in [0.15, 0.2) is 42.5 Å². The second-order valence-electron chi connectivity index (χ2n) is 6.76. The molecule has 1 heterocycles. The van der Waals surface area contributed by atoms with Gasteiger partial charge in [-0.25, -0.2) is 4.98 Å². The van der Waals surface area contributed by atoms with Gasteiger partial charge in [-0.05, 0) is 36.6 Å². The first-order valence-corrected chi connectivity index (χ1v) is 8.79. The third-order valence-corrected chi connectivity index (χ3v) is 4.04. The van der Waals surface area contributed by atoms with Gasteiger partial charge in [-0.15, -0.1) is 0 Å². The van der Waals surface area contributed by atoms with Crippen molar-refractivity contribution in [2.45, 2.75) is 32.5 Å². The van der Waals surface area contributed by atoms with E-state index < -0.39 is 23.7 Å². The van der Waals surface area contributed by atoms with Gasteiger partial charge in [0.05, 0.1) is 11.3 Å². The normalized spacial score (nSPS) is 12.5. The molecule has 0 aliphatic carbocycles. The minimum atomic E-state index is -4.47. The predicted octanol–water partition coefficient (Wildman–Crippen LogP) is 3.66. The number of pyridine rings is 1. The molecule has 0 spiro atoms. The second kappa shape index (κ2) is 8.86. The third-order valence-electron chi connectivity index (χ3n) is 4.04. The minimum absolute atomic E-state index is 0.0209. The number of aromatic nitrogens is 1. The van der Waals surface area contributed by atoms with Crippen molar-refractivity contribution in [3.05, 3.63) is 53.7 Å². The van der Waals surface area contributed by atoms with Crippen molar-refractivity contribution < 1.29 is 22.8 Å². The fourth-order valence-electron chi connectivity index (χ4n) is 2.69. The van der Waals surface area contributed by atoms with Gasteiger partial charge in [0.25, 0.3) is 5.91 Å². The Bertz CT molecular complexity index is 851. The molecule has 2 amide bonds. The van der Waals surface area contributed by atoms with Crippen molar-refractivity contribution in [3.63, 3.8) is 0 Å². The van der Waals surface area contributed by atoms with E-state index in [1.54, 1.807) is 0 Å². The third kappa shape index (κ3) is 5.55. The van der Waals surface area contributed by atoms with E-state index in [9.17, 15) is 22.8 Å². The Labute approximate surface area is 161 Å². The summed E-state index contributed by atoms with van der Waals surface area (Å²) in [4.78, 5) is 28.7. The van der Waals surface area contributed by atoms with Gasteiger partial charge in [-0.2, -0.15) is 13.2 Å². The van der Waals surface area contributed by atoms with Crippen molar-refractivity contribution in [1.29, 1.82) is 0 Å². The zero-order valence-electron chi connectivity index (χ0n) is 15.8. The van der Waals surface area contributed by atoms with Crippen molar-refractivity contribution >= 4 is 11.8 Å². The number of alkyl halides is 3. The van der Waals surface area contributed by atoms with Crippen molar-refractivity contribution in [1.82, 2.24) is 15.6 Å². The number of amides is 2. The SMILES string of the molecule is CNC(=O)[C@H](CC(C)C)NC(=O)c1cccc(-c2cccc(C(F)(F)F)c2)n1. The van der Waals surface area contributed by atoms with E-state index in [2.05, 4.69) is 15.6 Å². The number of likely N-dealkylation sites (N-methyl/N-ethyl adjacent to an activating group) is 1. The molecule has 1 aromatic heterocycles. The molecule has 0 fully saturated rings. The van der Waals surface area contributed by atoms with Crippen LogP contribution in [0, 0.1) is 5.92 Å². The topological polar surface area (TPSA) is 71.1 Å². The predicted molar refractivity (Wildman–Crippen MR) is 99.5 cm³/mol. The van der Waals surface area contributed by atoms with Crippen LogP contribution < -0.4 is 10.6 Å². The molecule has 0 bridgehead atoms. The van der Waals surface area contributed by atoms with Gasteiger partial charge in [0.1, 0.15) is 11.7 Å². The molecule has 1 aromatic carbocycles. The van der Waals surface area contributed by atoms with Gasteiger partial charge in [0, 0.05) is 12.6 Å². The van der Waals surface area contributed by atoms with Crippen LogP contribution in [0.25, 0.3) is 11.3 Å². The number of carbonyl (C=O) groups is 2. The van der Waals surface area contributed by atoms with Crippen LogP contribution in [-0.4, -0.2) is 29.9 Å². The molecular formula is C20H22F3N3O2. The Morgan fingerprint density at radius 3 is 2.39 bits per heavy atom. The fraction of sp³-hybridized carbons (Fsp3) is 0.350. The van der Waals surface area contributed by atoms with Crippen LogP contribution in [0.1, 0.15) is 36.3 Å². The average Bonchev–Trinajstić information content (AvgIpc) is 2.66. The van der Waals surface area contributed by atoms with E-state index in [1.165, 1.54) is 37.4 Å². The summed E-state index contributed by atoms with van der Waals surface area (Å²) >= 11 is 0.